The molecular formula is C16H16ClN3O. The third-order valence-corrected chi connectivity index (χ3v) is 3.84. The first-order valence-electron chi connectivity index (χ1n) is 6.67. The van der Waals surface area contributed by atoms with Crippen LogP contribution in [0.1, 0.15) is 24.2 Å². The van der Waals surface area contributed by atoms with Gasteiger partial charge in [0.25, 0.3) is 0 Å². The van der Waals surface area contributed by atoms with Crippen molar-refractivity contribution in [3.05, 3.63) is 52.8 Å². The first-order valence-corrected chi connectivity index (χ1v) is 7.05. The fourth-order valence-electron chi connectivity index (χ4n) is 2.38. The first-order chi connectivity index (χ1) is 10.1. The molecule has 3 rings (SSSR count). The molecule has 0 saturated heterocycles. The van der Waals surface area contributed by atoms with E-state index < -0.39 is 0 Å². The second-order valence-electron chi connectivity index (χ2n) is 5.01. The Hall–Kier alpha value is -2.20. The van der Waals surface area contributed by atoms with Gasteiger partial charge in [-0.05, 0) is 29.8 Å². The molecule has 108 valence electrons. The van der Waals surface area contributed by atoms with E-state index in [1.807, 2.05) is 30.3 Å². The number of nitrogen functional groups attached to an aromatic ring is 1. The monoisotopic (exact) mass is 301 g/mol. The molecule has 0 aliphatic rings. The summed E-state index contributed by atoms with van der Waals surface area (Å²) < 4.78 is 5.18. The van der Waals surface area contributed by atoms with E-state index in [4.69, 9.17) is 22.1 Å². The second kappa shape index (κ2) is 5.30. The molecule has 0 saturated carbocycles. The summed E-state index contributed by atoms with van der Waals surface area (Å²) in [7, 11) is 1.66. The SMILES string of the molecule is COc1ccc(C(C)c2nc3c(N)cc(Cl)cc3[nH]2)cc1. The van der Waals surface area contributed by atoms with Crippen LogP contribution in [-0.2, 0) is 0 Å². The molecule has 2 aromatic carbocycles. The number of nitrogens with one attached hydrogen (secondary N) is 1. The maximum absolute atomic E-state index is 6.02. The molecule has 0 aliphatic carbocycles. The quantitative estimate of drug-likeness (QED) is 0.720. The summed E-state index contributed by atoms with van der Waals surface area (Å²) in [5, 5.41) is 0.604. The Bertz CT molecular complexity index is 780. The number of benzene rings is 2. The van der Waals surface area contributed by atoms with E-state index in [0.29, 0.717) is 10.7 Å². The van der Waals surface area contributed by atoms with Crippen molar-refractivity contribution in [2.75, 3.05) is 12.8 Å². The Kier molecular flexibility index (Phi) is 3.47. The largest absolute Gasteiger partial charge is 0.497 e. The molecule has 0 bridgehead atoms. The molecule has 0 fully saturated rings. The number of fused-ring (bicyclic) bond motifs is 1. The molecule has 5 heteroatoms. The molecule has 0 amide bonds. The van der Waals surface area contributed by atoms with E-state index in [2.05, 4.69) is 16.9 Å². The van der Waals surface area contributed by atoms with E-state index in [9.17, 15) is 0 Å². The number of hydrogen-bond acceptors (Lipinski definition) is 3. The van der Waals surface area contributed by atoms with Crippen molar-refractivity contribution in [3.63, 3.8) is 0 Å². The Morgan fingerprint density at radius 2 is 1.95 bits per heavy atom. The zero-order chi connectivity index (χ0) is 15.0. The molecule has 1 unspecified atom stereocenters. The number of aromatic nitrogens is 2. The number of hydrogen-bond donors (Lipinski definition) is 2. The molecule has 3 N–H and O–H groups in total. The third kappa shape index (κ3) is 2.54. The zero-order valence-electron chi connectivity index (χ0n) is 11.9. The average molecular weight is 302 g/mol. The lowest BCUT2D eigenvalue weighted by Crippen LogP contribution is -1.98. The number of imidazole rings is 1. The lowest BCUT2D eigenvalue weighted by atomic mass is 10.0. The normalized spacial score (nSPS) is 12.5. The molecule has 1 atom stereocenters. The molecular weight excluding hydrogens is 286 g/mol. The van der Waals surface area contributed by atoms with Gasteiger partial charge in [-0.2, -0.15) is 0 Å². The van der Waals surface area contributed by atoms with E-state index in [-0.39, 0.29) is 5.92 Å². The summed E-state index contributed by atoms with van der Waals surface area (Å²) in [5.41, 5.74) is 9.32. The van der Waals surface area contributed by atoms with Gasteiger partial charge >= 0.3 is 0 Å². The van der Waals surface area contributed by atoms with Crippen LogP contribution in [0, 0.1) is 0 Å². The molecule has 0 radical (unpaired) electrons. The molecule has 4 nitrogen and oxygen atoms in total. The predicted molar refractivity (Wildman–Crippen MR) is 86.0 cm³/mol. The highest BCUT2D eigenvalue weighted by atomic mass is 35.5. The van der Waals surface area contributed by atoms with Crippen molar-refractivity contribution in [1.29, 1.82) is 0 Å². The number of H-pyrrole nitrogens is 1. The summed E-state index contributed by atoms with van der Waals surface area (Å²) in [6.07, 6.45) is 0. The highest BCUT2D eigenvalue weighted by Gasteiger charge is 2.14. The third-order valence-electron chi connectivity index (χ3n) is 3.63. The minimum absolute atomic E-state index is 0.126. The van der Waals surface area contributed by atoms with Crippen molar-refractivity contribution in [2.45, 2.75) is 12.8 Å². The molecule has 0 aliphatic heterocycles. The number of aromatic amines is 1. The van der Waals surface area contributed by atoms with Crippen LogP contribution in [0.5, 0.6) is 5.75 Å². The standard InChI is InChI=1S/C16H16ClN3O/c1-9(10-3-5-12(21-2)6-4-10)16-19-14-8-11(17)7-13(18)15(14)20-16/h3-9H,18H2,1-2H3,(H,19,20). The van der Waals surface area contributed by atoms with Crippen LogP contribution in [0.25, 0.3) is 11.0 Å². The van der Waals surface area contributed by atoms with Crippen molar-refractivity contribution < 1.29 is 4.74 Å². The Balaban J connectivity index is 2.00. The Morgan fingerprint density at radius 1 is 1.24 bits per heavy atom. The van der Waals surface area contributed by atoms with Crippen LogP contribution in [0.3, 0.4) is 0 Å². The van der Waals surface area contributed by atoms with Gasteiger partial charge in [-0.1, -0.05) is 30.7 Å². The van der Waals surface area contributed by atoms with Gasteiger partial charge in [0.05, 0.1) is 18.3 Å². The van der Waals surface area contributed by atoms with Gasteiger partial charge in [0, 0.05) is 10.9 Å². The Morgan fingerprint density at radius 3 is 2.62 bits per heavy atom. The highest BCUT2D eigenvalue weighted by Crippen LogP contribution is 2.29. The number of halogens is 1. The first kappa shape index (κ1) is 13.8. The molecule has 21 heavy (non-hydrogen) atoms. The fraction of sp³-hybridized carbons (Fsp3) is 0.188. The van der Waals surface area contributed by atoms with Gasteiger partial charge in [0.15, 0.2) is 0 Å². The average Bonchev–Trinajstić information content (AvgIpc) is 2.91. The van der Waals surface area contributed by atoms with Crippen molar-refractivity contribution in [3.8, 4) is 5.75 Å². The number of rotatable bonds is 3. The minimum atomic E-state index is 0.126. The summed E-state index contributed by atoms with van der Waals surface area (Å²) in [6, 6.07) is 11.5. The maximum atomic E-state index is 6.02. The number of methoxy groups -OCH3 is 1. The van der Waals surface area contributed by atoms with Crippen LogP contribution in [0.4, 0.5) is 5.69 Å². The highest BCUT2D eigenvalue weighted by molar-refractivity contribution is 6.31. The van der Waals surface area contributed by atoms with E-state index in [1.54, 1.807) is 13.2 Å². The fourth-order valence-corrected chi connectivity index (χ4v) is 2.61. The lowest BCUT2D eigenvalue weighted by Gasteiger charge is -2.09. The Labute approximate surface area is 127 Å². The summed E-state index contributed by atoms with van der Waals surface area (Å²) in [6.45, 7) is 2.09. The maximum Gasteiger partial charge on any atom is 0.118 e. The van der Waals surface area contributed by atoms with Crippen molar-refractivity contribution in [2.24, 2.45) is 0 Å². The van der Waals surface area contributed by atoms with Crippen molar-refractivity contribution >= 4 is 28.3 Å². The van der Waals surface area contributed by atoms with Crippen LogP contribution in [-0.4, -0.2) is 17.1 Å². The smallest absolute Gasteiger partial charge is 0.118 e. The van der Waals surface area contributed by atoms with Gasteiger partial charge < -0.3 is 15.5 Å². The van der Waals surface area contributed by atoms with Gasteiger partial charge in [-0.15, -0.1) is 0 Å². The predicted octanol–water partition coefficient (Wildman–Crippen LogP) is 3.96. The molecule has 1 heterocycles. The molecule has 3 aromatic rings. The number of nitrogens with two attached hydrogens (primary N) is 1. The topological polar surface area (TPSA) is 63.9 Å². The lowest BCUT2D eigenvalue weighted by molar-refractivity contribution is 0.414. The summed E-state index contributed by atoms with van der Waals surface area (Å²) in [5.74, 6) is 1.83. The number of nitrogens with zero attached hydrogens (tertiary/aromatic N) is 1. The number of ether oxygens (including phenoxy) is 1. The van der Waals surface area contributed by atoms with E-state index >= 15 is 0 Å². The molecule has 1 aromatic heterocycles. The summed E-state index contributed by atoms with van der Waals surface area (Å²) in [4.78, 5) is 7.90. The van der Waals surface area contributed by atoms with Gasteiger partial charge in [0.2, 0.25) is 0 Å². The minimum Gasteiger partial charge on any atom is -0.497 e. The van der Waals surface area contributed by atoms with Gasteiger partial charge in [0.1, 0.15) is 17.1 Å². The van der Waals surface area contributed by atoms with Crippen LogP contribution in [0.2, 0.25) is 5.02 Å². The molecule has 0 spiro atoms. The van der Waals surface area contributed by atoms with Crippen LogP contribution >= 0.6 is 11.6 Å². The zero-order valence-corrected chi connectivity index (χ0v) is 12.6. The second-order valence-corrected chi connectivity index (χ2v) is 5.44. The van der Waals surface area contributed by atoms with Crippen molar-refractivity contribution in [1.82, 2.24) is 9.97 Å². The van der Waals surface area contributed by atoms with E-state index in [0.717, 1.165) is 28.2 Å². The van der Waals surface area contributed by atoms with E-state index in [1.165, 1.54) is 0 Å². The summed E-state index contributed by atoms with van der Waals surface area (Å²) >= 11 is 6.02. The van der Waals surface area contributed by atoms with Crippen LogP contribution in [0.15, 0.2) is 36.4 Å². The van der Waals surface area contributed by atoms with Gasteiger partial charge in [-0.25, -0.2) is 4.98 Å². The van der Waals surface area contributed by atoms with Crippen LogP contribution < -0.4 is 10.5 Å². The number of anilines is 1. The van der Waals surface area contributed by atoms with Gasteiger partial charge in [-0.3, -0.25) is 0 Å².